The molecule has 0 saturated heterocycles. The number of rotatable bonds is 2. The van der Waals surface area contributed by atoms with Crippen LogP contribution in [-0.4, -0.2) is 15.8 Å². The van der Waals surface area contributed by atoms with Crippen molar-refractivity contribution < 1.29 is 4.79 Å². The molecule has 0 bridgehead atoms. The molecule has 0 saturated carbocycles. The van der Waals surface area contributed by atoms with Gasteiger partial charge in [-0.15, -0.1) is 0 Å². The zero-order chi connectivity index (χ0) is 15.1. The van der Waals surface area contributed by atoms with Gasteiger partial charge in [0.15, 0.2) is 5.78 Å². The van der Waals surface area contributed by atoms with Gasteiger partial charge in [0.05, 0.1) is 11.0 Å². The Kier molecular flexibility index (Phi) is 2.90. The summed E-state index contributed by atoms with van der Waals surface area (Å²) in [5.41, 5.74) is 10.4. The molecule has 0 amide bonds. The summed E-state index contributed by atoms with van der Waals surface area (Å²) in [5.74, 6) is -0.108. The first-order chi connectivity index (χ1) is 9.95. The van der Waals surface area contributed by atoms with Gasteiger partial charge < -0.3 is 15.7 Å². The molecule has 0 aliphatic carbocycles. The summed E-state index contributed by atoms with van der Waals surface area (Å²) in [6.45, 7) is 3.80. The number of anilines is 1. The number of nitrogen functional groups attached to an aromatic ring is 1. The van der Waals surface area contributed by atoms with Crippen LogP contribution in [0.4, 0.5) is 5.69 Å². The Morgan fingerprint density at radius 3 is 2.48 bits per heavy atom. The number of fused-ring (bicyclic) bond motifs is 1. The van der Waals surface area contributed by atoms with Crippen molar-refractivity contribution >= 4 is 22.5 Å². The standard InChI is InChI=1S/C16H15N3O2/c1-8-5-9(2)12(17)7-11(8)15(20)10-3-4-13-14(6-10)19-16(21)18-13/h3-7H,17H2,1-2H3,(H2,18,19,21). The van der Waals surface area contributed by atoms with E-state index in [1.165, 1.54) is 0 Å². The van der Waals surface area contributed by atoms with Gasteiger partial charge in [-0.05, 0) is 49.2 Å². The molecule has 5 heteroatoms. The summed E-state index contributed by atoms with van der Waals surface area (Å²) in [6.07, 6.45) is 0. The van der Waals surface area contributed by atoms with Gasteiger partial charge in [-0.1, -0.05) is 6.07 Å². The second-order valence-corrected chi connectivity index (χ2v) is 5.19. The number of nitrogens with one attached hydrogen (secondary N) is 2. The van der Waals surface area contributed by atoms with Crippen LogP contribution in [0.3, 0.4) is 0 Å². The van der Waals surface area contributed by atoms with E-state index in [0.717, 1.165) is 11.1 Å². The quantitative estimate of drug-likeness (QED) is 0.497. The lowest BCUT2D eigenvalue weighted by Crippen LogP contribution is -2.06. The Bertz CT molecular complexity index is 919. The first kappa shape index (κ1) is 13.2. The number of aromatic nitrogens is 2. The molecule has 0 fully saturated rings. The van der Waals surface area contributed by atoms with Crippen LogP contribution in [0.2, 0.25) is 0 Å². The molecule has 0 atom stereocenters. The Balaban J connectivity index is 2.11. The predicted octanol–water partition coefficient (Wildman–Crippen LogP) is 2.29. The van der Waals surface area contributed by atoms with Crippen molar-refractivity contribution in [2.24, 2.45) is 0 Å². The fourth-order valence-corrected chi connectivity index (χ4v) is 2.44. The van der Waals surface area contributed by atoms with E-state index in [2.05, 4.69) is 9.97 Å². The van der Waals surface area contributed by atoms with E-state index in [-0.39, 0.29) is 11.5 Å². The van der Waals surface area contributed by atoms with Crippen molar-refractivity contribution in [2.45, 2.75) is 13.8 Å². The largest absolute Gasteiger partial charge is 0.398 e. The lowest BCUT2D eigenvalue weighted by Gasteiger charge is -2.09. The van der Waals surface area contributed by atoms with Gasteiger partial charge in [0.25, 0.3) is 0 Å². The highest BCUT2D eigenvalue weighted by Gasteiger charge is 2.14. The lowest BCUT2D eigenvalue weighted by atomic mass is 9.96. The molecule has 0 spiro atoms. The maximum absolute atomic E-state index is 12.6. The molecule has 1 heterocycles. The van der Waals surface area contributed by atoms with Crippen LogP contribution in [0.5, 0.6) is 0 Å². The number of imidazole rings is 1. The fraction of sp³-hybridized carbons (Fsp3) is 0.125. The highest BCUT2D eigenvalue weighted by molar-refractivity contribution is 6.11. The van der Waals surface area contributed by atoms with Crippen LogP contribution in [0.15, 0.2) is 35.1 Å². The van der Waals surface area contributed by atoms with Gasteiger partial charge in [-0.25, -0.2) is 4.79 Å². The van der Waals surface area contributed by atoms with Gasteiger partial charge in [-0.2, -0.15) is 0 Å². The SMILES string of the molecule is Cc1cc(C)c(C(=O)c2ccc3[nH]c(=O)[nH]c3c2)cc1N. The highest BCUT2D eigenvalue weighted by atomic mass is 16.1. The molecule has 2 aromatic carbocycles. The third-order valence-corrected chi connectivity index (χ3v) is 3.64. The molecule has 0 aliphatic heterocycles. The van der Waals surface area contributed by atoms with Gasteiger partial charge in [0, 0.05) is 16.8 Å². The number of hydrogen-bond donors (Lipinski definition) is 3. The zero-order valence-electron chi connectivity index (χ0n) is 11.8. The normalized spacial score (nSPS) is 11.0. The van der Waals surface area contributed by atoms with E-state index in [1.807, 2.05) is 19.9 Å². The first-order valence-electron chi connectivity index (χ1n) is 6.59. The Morgan fingerprint density at radius 1 is 1.00 bits per heavy atom. The summed E-state index contributed by atoms with van der Waals surface area (Å²) in [7, 11) is 0. The number of aryl methyl sites for hydroxylation is 2. The summed E-state index contributed by atoms with van der Waals surface area (Å²) < 4.78 is 0. The average Bonchev–Trinajstić information content (AvgIpc) is 2.81. The molecule has 1 aromatic heterocycles. The molecular formula is C16H15N3O2. The minimum Gasteiger partial charge on any atom is -0.398 e. The van der Waals surface area contributed by atoms with Crippen molar-refractivity contribution in [1.29, 1.82) is 0 Å². The number of carbonyl (C=O) groups excluding carboxylic acids is 1. The average molecular weight is 281 g/mol. The van der Waals surface area contributed by atoms with E-state index in [9.17, 15) is 9.59 Å². The Morgan fingerprint density at radius 2 is 1.71 bits per heavy atom. The molecular weight excluding hydrogens is 266 g/mol. The number of aromatic amines is 2. The van der Waals surface area contributed by atoms with Crippen LogP contribution in [0.25, 0.3) is 11.0 Å². The number of H-pyrrole nitrogens is 2. The van der Waals surface area contributed by atoms with E-state index in [0.29, 0.717) is 27.8 Å². The molecule has 4 N–H and O–H groups in total. The monoisotopic (exact) mass is 281 g/mol. The highest BCUT2D eigenvalue weighted by Crippen LogP contribution is 2.22. The molecule has 0 radical (unpaired) electrons. The van der Waals surface area contributed by atoms with E-state index in [4.69, 9.17) is 5.73 Å². The van der Waals surface area contributed by atoms with Crippen molar-refractivity contribution in [3.63, 3.8) is 0 Å². The van der Waals surface area contributed by atoms with Crippen LogP contribution in [-0.2, 0) is 0 Å². The maximum Gasteiger partial charge on any atom is 0.323 e. The fourth-order valence-electron chi connectivity index (χ4n) is 2.44. The van der Waals surface area contributed by atoms with E-state index < -0.39 is 0 Å². The molecule has 0 unspecified atom stereocenters. The third kappa shape index (κ3) is 2.23. The van der Waals surface area contributed by atoms with Crippen LogP contribution < -0.4 is 11.4 Å². The lowest BCUT2D eigenvalue weighted by molar-refractivity contribution is 0.103. The van der Waals surface area contributed by atoms with Crippen LogP contribution >= 0.6 is 0 Å². The van der Waals surface area contributed by atoms with E-state index in [1.54, 1.807) is 24.3 Å². The number of benzene rings is 2. The summed E-state index contributed by atoms with van der Waals surface area (Å²) in [5, 5.41) is 0. The minimum atomic E-state index is -0.287. The molecule has 21 heavy (non-hydrogen) atoms. The molecule has 5 nitrogen and oxygen atoms in total. The van der Waals surface area contributed by atoms with Crippen molar-refractivity contribution in [1.82, 2.24) is 9.97 Å². The number of carbonyl (C=O) groups is 1. The predicted molar refractivity (Wildman–Crippen MR) is 82.7 cm³/mol. The van der Waals surface area contributed by atoms with Gasteiger partial charge >= 0.3 is 5.69 Å². The van der Waals surface area contributed by atoms with Gasteiger partial charge in [0.1, 0.15) is 0 Å². The Hall–Kier alpha value is -2.82. The third-order valence-electron chi connectivity index (χ3n) is 3.64. The van der Waals surface area contributed by atoms with Gasteiger partial charge in [-0.3, -0.25) is 4.79 Å². The zero-order valence-corrected chi connectivity index (χ0v) is 11.8. The second-order valence-electron chi connectivity index (χ2n) is 5.19. The number of nitrogens with two attached hydrogens (primary N) is 1. The molecule has 0 aliphatic rings. The minimum absolute atomic E-state index is 0.108. The topological polar surface area (TPSA) is 91.7 Å². The summed E-state index contributed by atoms with van der Waals surface area (Å²) in [4.78, 5) is 29.2. The van der Waals surface area contributed by atoms with Crippen molar-refractivity contribution in [2.75, 3.05) is 5.73 Å². The Labute approximate surface area is 120 Å². The van der Waals surface area contributed by atoms with Crippen molar-refractivity contribution in [3.05, 3.63) is 63.1 Å². The summed E-state index contributed by atoms with van der Waals surface area (Å²) in [6, 6.07) is 8.69. The van der Waals surface area contributed by atoms with Crippen LogP contribution in [0.1, 0.15) is 27.0 Å². The molecule has 3 aromatic rings. The molecule has 3 rings (SSSR count). The number of ketones is 1. The first-order valence-corrected chi connectivity index (χ1v) is 6.59. The maximum atomic E-state index is 12.6. The second kappa shape index (κ2) is 4.63. The van der Waals surface area contributed by atoms with E-state index >= 15 is 0 Å². The van der Waals surface area contributed by atoms with Crippen LogP contribution in [0, 0.1) is 13.8 Å². The smallest absolute Gasteiger partial charge is 0.323 e. The number of hydrogen-bond acceptors (Lipinski definition) is 3. The summed E-state index contributed by atoms with van der Waals surface area (Å²) >= 11 is 0. The van der Waals surface area contributed by atoms with Gasteiger partial charge in [0.2, 0.25) is 0 Å². The molecule has 106 valence electrons. The van der Waals surface area contributed by atoms with Crippen molar-refractivity contribution in [3.8, 4) is 0 Å².